The molecule has 1 aliphatic rings. The highest BCUT2D eigenvalue weighted by molar-refractivity contribution is 6.01. The van der Waals surface area contributed by atoms with Crippen molar-refractivity contribution in [3.63, 3.8) is 0 Å². The molecule has 2 aromatic carbocycles. The summed E-state index contributed by atoms with van der Waals surface area (Å²) in [5.41, 5.74) is 2.22. The van der Waals surface area contributed by atoms with E-state index < -0.39 is 0 Å². The molecule has 0 radical (unpaired) electrons. The predicted molar refractivity (Wildman–Crippen MR) is 103 cm³/mol. The van der Waals surface area contributed by atoms with Crippen LogP contribution in [0.25, 0.3) is 0 Å². The number of methoxy groups -OCH3 is 2. The number of nitrogens with zero attached hydrogens (tertiary/aromatic N) is 1. The van der Waals surface area contributed by atoms with Gasteiger partial charge in [-0.25, -0.2) is 0 Å². The maximum absolute atomic E-state index is 12.4. The number of hydrogen-bond donors (Lipinski definition) is 1. The molecular weight excluding hydrogens is 360 g/mol. The lowest BCUT2D eigenvalue weighted by Gasteiger charge is -2.14. The van der Waals surface area contributed by atoms with Crippen molar-refractivity contribution in [1.29, 1.82) is 0 Å². The van der Waals surface area contributed by atoms with Crippen molar-refractivity contribution in [2.24, 2.45) is 0 Å². The monoisotopic (exact) mass is 382 g/mol. The van der Waals surface area contributed by atoms with E-state index >= 15 is 0 Å². The Kier molecular flexibility index (Phi) is 5.93. The number of carbonyl (C=O) groups is 3. The summed E-state index contributed by atoms with van der Waals surface area (Å²) in [6.07, 6.45) is 0.718. The number of rotatable bonds is 7. The first-order valence-electron chi connectivity index (χ1n) is 8.93. The molecule has 28 heavy (non-hydrogen) atoms. The summed E-state index contributed by atoms with van der Waals surface area (Å²) >= 11 is 0. The average Bonchev–Trinajstić information content (AvgIpc) is 3.01. The topological polar surface area (TPSA) is 84.9 Å². The summed E-state index contributed by atoms with van der Waals surface area (Å²) in [6, 6.07) is 12.4. The van der Waals surface area contributed by atoms with Gasteiger partial charge in [0.25, 0.3) is 0 Å². The molecule has 7 heteroatoms. The van der Waals surface area contributed by atoms with Crippen LogP contribution in [0, 0.1) is 0 Å². The third-order valence-corrected chi connectivity index (χ3v) is 4.58. The van der Waals surface area contributed by atoms with Gasteiger partial charge < -0.3 is 14.8 Å². The summed E-state index contributed by atoms with van der Waals surface area (Å²) in [5, 5.41) is 2.84. The van der Waals surface area contributed by atoms with Crippen LogP contribution in [0.4, 0.5) is 5.69 Å². The van der Waals surface area contributed by atoms with Crippen molar-refractivity contribution >= 4 is 23.4 Å². The van der Waals surface area contributed by atoms with Gasteiger partial charge in [0, 0.05) is 30.2 Å². The van der Waals surface area contributed by atoms with Gasteiger partial charge in [0.2, 0.25) is 17.7 Å². The Balaban J connectivity index is 1.60. The number of anilines is 1. The van der Waals surface area contributed by atoms with Crippen LogP contribution >= 0.6 is 0 Å². The minimum Gasteiger partial charge on any atom is -0.497 e. The van der Waals surface area contributed by atoms with Gasteiger partial charge in [-0.1, -0.05) is 18.2 Å². The van der Waals surface area contributed by atoms with Gasteiger partial charge in [-0.15, -0.1) is 0 Å². The van der Waals surface area contributed by atoms with Gasteiger partial charge in [0.05, 0.1) is 27.2 Å². The van der Waals surface area contributed by atoms with Gasteiger partial charge in [0.15, 0.2) is 0 Å². The fourth-order valence-electron chi connectivity index (χ4n) is 3.05. The molecule has 0 saturated carbocycles. The van der Waals surface area contributed by atoms with Crippen molar-refractivity contribution < 1.29 is 23.9 Å². The van der Waals surface area contributed by atoms with E-state index in [0.29, 0.717) is 17.2 Å². The van der Waals surface area contributed by atoms with Crippen LogP contribution in [0.15, 0.2) is 42.5 Å². The Labute approximate surface area is 163 Å². The van der Waals surface area contributed by atoms with E-state index in [4.69, 9.17) is 9.47 Å². The average molecular weight is 382 g/mol. The second-order valence-electron chi connectivity index (χ2n) is 6.47. The van der Waals surface area contributed by atoms with Gasteiger partial charge in [-0.05, 0) is 23.8 Å². The fourth-order valence-corrected chi connectivity index (χ4v) is 3.05. The summed E-state index contributed by atoms with van der Waals surface area (Å²) in [7, 11) is 3.12. The van der Waals surface area contributed by atoms with Crippen molar-refractivity contribution in [2.45, 2.75) is 25.8 Å². The van der Waals surface area contributed by atoms with Crippen LogP contribution in [0.1, 0.15) is 24.0 Å². The van der Waals surface area contributed by atoms with E-state index in [0.717, 1.165) is 11.1 Å². The molecule has 7 nitrogen and oxygen atoms in total. The fraction of sp³-hybridized carbons (Fsp3) is 0.286. The predicted octanol–water partition coefficient (Wildman–Crippen LogP) is 2.53. The van der Waals surface area contributed by atoms with E-state index in [9.17, 15) is 14.4 Å². The second kappa shape index (κ2) is 8.56. The van der Waals surface area contributed by atoms with Crippen molar-refractivity contribution in [3.8, 4) is 11.5 Å². The number of nitrogens with one attached hydrogen (secondary N) is 1. The molecule has 3 rings (SSSR count). The summed E-state index contributed by atoms with van der Waals surface area (Å²) in [6.45, 7) is 0.259. The van der Waals surface area contributed by atoms with E-state index in [2.05, 4.69) is 5.32 Å². The molecule has 0 bridgehead atoms. The third kappa shape index (κ3) is 4.49. The van der Waals surface area contributed by atoms with Gasteiger partial charge in [0.1, 0.15) is 11.5 Å². The highest BCUT2D eigenvalue weighted by Gasteiger charge is 2.28. The number of amides is 3. The molecule has 3 amide bonds. The maximum Gasteiger partial charge on any atom is 0.229 e. The molecule has 0 aliphatic carbocycles. The molecule has 1 fully saturated rings. The molecule has 0 unspecified atom stereocenters. The van der Waals surface area contributed by atoms with Gasteiger partial charge >= 0.3 is 0 Å². The first-order valence-corrected chi connectivity index (χ1v) is 8.93. The minimum absolute atomic E-state index is 0.143. The molecule has 2 aromatic rings. The zero-order chi connectivity index (χ0) is 20.1. The SMILES string of the molecule is COc1ccc(CC(=O)Nc2ccc(CN3C(=O)CCC3=O)cc2)c(OC)c1. The van der Waals surface area contributed by atoms with Crippen LogP contribution in [-0.4, -0.2) is 36.8 Å². The summed E-state index contributed by atoms with van der Waals surface area (Å²) < 4.78 is 10.5. The Morgan fingerprint density at radius 3 is 2.29 bits per heavy atom. The molecule has 1 saturated heterocycles. The second-order valence-corrected chi connectivity index (χ2v) is 6.47. The molecule has 1 N–H and O–H groups in total. The van der Waals surface area contributed by atoms with Crippen molar-refractivity contribution in [1.82, 2.24) is 4.90 Å². The zero-order valence-electron chi connectivity index (χ0n) is 15.9. The normalized spacial score (nSPS) is 13.6. The molecule has 146 valence electrons. The maximum atomic E-state index is 12.4. The molecule has 0 atom stereocenters. The van der Waals surface area contributed by atoms with Crippen LogP contribution in [0.2, 0.25) is 0 Å². The Hall–Kier alpha value is -3.35. The zero-order valence-corrected chi connectivity index (χ0v) is 15.9. The number of imide groups is 1. The highest BCUT2D eigenvalue weighted by Crippen LogP contribution is 2.25. The first-order chi connectivity index (χ1) is 13.5. The quantitative estimate of drug-likeness (QED) is 0.744. The number of benzene rings is 2. The Morgan fingerprint density at radius 2 is 1.68 bits per heavy atom. The van der Waals surface area contributed by atoms with Crippen molar-refractivity contribution in [3.05, 3.63) is 53.6 Å². The lowest BCUT2D eigenvalue weighted by Crippen LogP contribution is -2.28. The van der Waals surface area contributed by atoms with Gasteiger partial charge in [-0.2, -0.15) is 0 Å². The van der Waals surface area contributed by atoms with Gasteiger partial charge in [-0.3, -0.25) is 19.3 Å². The lowest BCUT2D eigenvalue weighted by atomic mass is 10.1. The molecule has 0 spiro atoms. The van der Waals surface area contributed by atoms with Crippen LogP contribution < -0.4 is 14.8 Å². The molecule has 1 aliphatic heterocycles. The lowest BCUT2D eigenvalue weighted by molar-refractivity contribution is -0.139. The Bertz CT molecular complexity index is 876. The van der Waals surface area contributed by atoms with Crippen LogP contribution in [0.5, 0.6) is 11.5 Å². The van der Waals surface area contributed by atoms with E-state index in [1.165, 1.54) is 4.90 Å². The van der Waals surface area contributed by atoms with E-state index in [1.54, 1.807) is 56.7 Å². The molecular formula is C21H22N2O5. The number of hydrogen-bond acceptors (Lipinski definition) is 5. The van der Waals surface area contributed by atoms with Crippen molar-refractivity contribution in [2.75, 3.05) is 19.5 Å². The van der Waals surface area contributed by atoms with Crippen LogP contribution in [0.3, 0.4) is 0 Å². The van der Waals surface area contributed by atoms with E-state index in [-0.39, 0.29) is 43.5 Å². The smallest absolute Gasteiger partial charge is 0.229 e. The number of carbonyl (C=O) groups excluding carboxylic acids is 3. The summed E-state index contributed by atoms with van der Waals surface area (Å²) in [4.78, 5) is 37.0. The summed E-state index contributed by atoms with van der Waals surface area (Å²) in [5.74, 6) is 0.782. The third-order valence-electron chi connectivity index (χ3n) is 4.58. The number of ether oxygens (including phenoxy) is 2. The van der Waals surface area contributed by atoms with Crippen LogP contribution in [-0.2, 0) is 27.3 Å². The highest BCUT2D eigenvalue weighted by atomic mass is 16.5. The first kappa shape index (κ1) is 19.4. The Morgan fingerprint density at radius 1 is 1.00 bits per heavy atom. The van der Waals surface area contributed by atoms with E-state index in [1.807, 2.05) is 0 Å². The molecule has 0 aromatic heterocycles. The standard InChI is InChI=1S/C21H22N2O5/c1-27-17-8-5-15(18(12-17)28-2)11-19(24)22-16-6-3-14(4-7-16)13-23-20(25)9-10-21(23)26/h3-8,12H,9-11,13H2,1-2H3,(H,22,24). The molecule has 1 heterocycles. The number of likely N-dealkylation sites (tertiary alicyclic amines) is 1. The largest absolute Gasteiger partial charge is 0.497 e. The minimum atomic E-state index is -0.180.